The van der Waals surface area contributed by atoms with Gasteiger partial charge in [0.05, 0.1) is 6.04 Å². The minimum atomic E-state index is -1.57. The summed E-state index contributed by atoms with van der Waals surface area (Å²) in [6.45, 7) is 0.127. The number of nitrogens with zero attached hydrogens (tertiary/aromatic N) is 1. The molecule has 2 atom stereocenters. The lowest BCUT2D eigenvalue weighted by molar-refractivity contribution is -0.0509. The molecule has 56 valence electrons. The van der Waals surface area contributed by atoms with E-state index in [9.17, 15) is 8.87 Å². The molecule has 0 spiro atoms. The second kappa shape index (κ2) is 3.29. The summed E-state index contributed by atoms with van der Waals surface area (Å²) in [5, 5.41) is 0.130. The van der Waals surface area contributed by atoms with Crippen LogP contribution in [-0.2, 0) is 0 Å². The maximum absolute atomic E-state index is 12.1. The first-order valence-corrected chi connectivity index (χ1v) is 2.54. The van der Waals surface area contributed by atoms with Crippen LogP contribution in [0, 0.1) is 0 Å². The molecule has 2 unspecified atom stereocenters. The van der Waals surface area contributed by atoms with Gasteiger partial charge in [-0.2, -0.15) is 0 Å². The second-order valence-electron chi connectivity index (χ2n) is 1.95. The van der Waals surface area contributed by atoms with Crippen molar-refractivity contribution in [3.05, 3.63) is 0 Å². The van der Waals surface area contributed by atoms with Crippen molar-refractivity contribution < 1.29 is 8.87 Å². The summed E-state index contributed by atoms with van der Waals surface area (Å²) < 4.78 is 24.1. The van der Waals surface area contributed by atoms with Crippen molar-refractivity contribution >= 4 is 12.4 Å². The number of hydrogen-bond acceptors (Lipinski definition) is 2. The molecule has 1 rings (SSSR count). The van der Waals surface area contributed by atoms with E-state index < -0.39 is 12.3 Å². The monoisotopic (exact) mass is 158 g/mol. The Labute approximate surface area is 58.3 Å². The van der Waals surface area contributed by atoms with Crippen molar-refractivity contribution in [1.82, 2.24) is 5.12 Å². The molecule has 1 aliphatic rings. The second-order valence-corrected chi connectivity index (χ2v) is 1.95. The van der Waals surface area contributed by atoms with Gasteiger partial charge in [-0.25, -0.2) is 4.39 Å². The topological polar surface area (TPSA) is 29.3 Å². The van der Waals surface area contributed by atoms with E-state index in [1.807, 2.05) is 0 Å². The van der Waals surface area contributed by atoms with Gasteiger partial charge in [-0.3, -0.25) is 0 Å². The van der Waals surface area contributed by atoms with Crippen LogP contribution in [0.3, 0.4) is 0 Å². The van der Waals surface area contributed by atoms with Crippen LogP contribution >= 0.6 is 12.4 Å². The molecule has 2 N–H and O–H groups in total. The van der Waals surface area contributed by atoms with Crippen LogP contribution in [0.1, 0.15) is 6.42 Å². The molecule has 1 heterocycles. The first kappa shape index (κ1) is 9.07. The van der Waals surface area contributed by atoms with Crippen LogP contribution < -0.4 is 5.73 Å². The highest BCUT2D eigenvalue weighted by atomic mass is 35.5. The molecule has 1 saturated heterocycles. The molecule has 0 aromatic carbocycles. The van der Waals surface area contributed by atoms with E-state index in [2.05, 4.69) is 0 Å². The van der Waals surface area contributed by atoms with Gasteiger partial charge in [-0.1, -0.05) is 0 Å². The summed E-state index contributed by atoms with van der Waals surface area (Å²) in [6, 6.07) is -0.625. The number of rotatable bonds is 0. The van der Waals surface area contributed by atoms with Crippen LogP contribution in [-0.4, -0.2) is 24.0 Å². The van der Waals surface area contributed by atoms with E-state index in [0.717, 1.165) is 0 Å². The maximum atomic E-state index is 12.1. The summed E-state index contributed by atoms with van der Waals surface area (Å²) in [5.74, 6) is 0. The summed E-state index contributed by atoms with van der Waals surface area (Å²) in [5.41, 5.74) is 5.11. The third-order valence-electron chi connectivity index (χ3n) is 1.30. The Hall–Kier alpha value is 0.0700. The van der Waals surface area contributed by atoms with Crippen molar-refractivity contribution in [3.8, 4) is 0 Å². The Morgan fingerprint density at radius 3 is 2.22 bits per heavy atom. The van der Waals surface area contributed by atoms with Crippen molar-refractivity contribution in [1.29, 1.82) is 0 Å². The number of halogens is 3. The zero-order valence-corrected chi connectivity index (χ0v) is 5.57. The van der Waals surface area contributed by atoms with Crippen LogP contribution in [0.25, 0.3) is 0 Å². The average Bonchev–Trinajstić information content (AvgIpc) is 1.98. The molecule has 1 fully saturated rings. The Kier molecular flexibility index (Phi) is 3.32. The molecule has 9 heavy (non-hydrogen) atoms. The molecule has 0 bridgehead atoms. The zero-order chi connectivity index (χ0) is 6.15. The van der Waals surface area contributed by atoms with E-state index in [4.69, 9.17) is 5.73 Å². The van der Waals surface area contributed by atoms with Gasteiger partial charge in [0.15, 0.2) is 6.30 Å². The predicted octanol–water partition coefficient (Wildman–Crippen LogP) is 0.621. The smallest absolute Gasteiger partial charge is 0.195 e. The first-order chi connectivity index (χ1) is 3.72. The predicted molar refractivity (Wildman–Crippen MR) is 32.6 cm³/mol. The van der Waals surface area contributed by atoms with Crippen molar-refractivity contribution in [2.45, 2.75) is 18.8 Å². The highest BCUT2D eigenvalue weighted by molar-refractivity contribution is 5.85. The summed E-state index contributed by atoms with van der Waals surface area (Å²) in [7, 11) is 0. The molecule has 5 heteroatoms. The van der Waals surface area contributed by atoms with Crippen molar-refractivity contribution in [3.63, 3.8) is 0 Å². The third-order valence-corrected chi connectivity index (χ3v) is 1.30. The van der Waals surface area contributed by atoms with Gasteiger partial charge in [0.2, 0.25) is 0 Å². The molecule has 0 amide bonds. The van der Waals surface area contributed by atoms with Crippen LogP contribution in [0.2, 0.25) is 0 Å². The van der Waals surface area contributed by atoms with Crippen molar-refractivity contribution in [2.75, 3.05) is 6.54 Å². The van der Waals surface area contributed by atoms with E-state index in [1.54, 1.807) is 0 Å². The fourth-order valence-corrected chi connectivity index (χ4v) is 0.741. The molecule has 0 aliphatic carbocycles. The first-order valence-electron chi connectivity index (χ1n) is 2.54. The van der Waals surface area contributed by atoms with Gasteiger partial charge in [0.25, 0.3) is 0 Å². The minimum absolute atomic E-state index is 0. The van der Waals surface area contributed by atoms with Crippen LogP contribution in [0.4, 0.5) is 8.87 Å². The number of nitrogens with two attached hydrogens (primary N) is 1. The summed E-state index contributed by atoms with van der Waals surface area (Å²) in [4.78, 5) is 0. The van der Waals surface area contributed by atoms with Gasteiger partial charge < -0.3 is 5.73 Å². The summed E-state index contributed by atoms with van der Waals surface area (Å²) >= 11 is 0. The Bertz CT molecular complexity index is 82.6. The zero-order valence-electron chi connectivity index (χ0n) is 4.76. The van der Waals surface area contributed by atoms with Gasteiger partial charge >= 0.3 is 0 Å². The fourth-order valence-electron chi connectivity index (χ4n) is 0.741. The lowest BCUT2D eigenvalue weighted by Crippen LogP contribution is -2.31. The molecule has 1 aliphatic heterocycles. The van der Waals surface area contributed by atoms with E-state index in [-0.39, 0.29) is 24.1 Å². The largest absolute Gasteiger partial charge is 0.324 e. The molecule has 0 aromatic heterocycles. The van der Waals surface area contributed by atoms with E-state index >= 15 is 0 Å². The molecule has 0 saturated carbocycles. The molecule has 2 nitrogen and oxygen atoms in total. The van der Waals surface area contributed by atoms with Gasteiger partial charge in [-0.05, 0) is 6.42 Å². The highest BCUT2D eigenvalue weighted by Crippen LogP contribution is 2.16. The molecule has 0 radical (unpaired) electrons. The minimum Gasteiger partial charge on any atom is -0.324 e. The Morgan fingerprint density at radius 1 is 1.56 bits per heavy atom. The Morgan fingerprint density at radius 2 is 2.11 bits per heavy atom. The van der Waals surface area contributed by atoms with Crippen LogP contribution in [0.5, 0.6) is 0 Å². The van der Waals surface area contributed by atoms with Gasteiger partial charge in [0.1, 0.15) is 0 Å². The quantitative estimate of drug-likeness (QED) is 0.414. The fraction of sp³-hybridized carbons (Fsp3) is 1.00. The van der Waals surface area contributed by atoms with Gasteiger partial charge in [-0.15, -0.1) is 22.0 Å². The Balaban J connectivity index is 0.000000640. The van der Waals surface area contributed by atoms with E-state index in [0.29, 0.717) is 6.42 Å². The van der Waals surface area contributed by atoms with E-state index in [1.165, 1.54) is 0 Å². The molecular weight excluding hydrogens is 150 g/mol. The van der Waals surface area contributed by atoms with Crippen molar-refractivity contribution in [2.24, 2.45) is 5.73 Å². The maximum Gasteiger partial charge on any atom is 0.195 e. The van der Waals surface area contributed by atoms with Gasteiger partial charge in [0, 0.05) is 6.54 Å². The lowest BCUT2D eigenvalue weighted by atomic mass is 10.3. The SMILES string of the molecule is Cl.NC1CCN(F)C1F. The summed E-state index contributed by atoms with van der Waals surface area (Å²) in [6.07, 6.45) is -1.16. The highest BCUT2D eigenvalue weighted by Gasteiger charge is 2.31. The third kappa shape index (κ3) is 1.74. The average molecular weight is 159 g/mol. The number of hydrogen-bond donors (Lipinski definition) is 1. The normalized spacial score (nSPS) is 36.3. The molecule has 0 aromatic rings. The molecular formula is C4H9ClF2N2. The number of alkyl halides is 1. The standard InChI is InChI=1S/C4H8F2N2.ClH/c5-4-3(7)1-2-8(4)6;/h3-4H,1-2,7H2;1H. The lowest BCUT2D eigenvalue weighted by Gasteiger charge is -2.07. The van der Waals surface area contributed by atoms with Crippen LogP contribution in [0.15, 0.2) is 0 Å².